The Morgan fingerprint density at radius 3 is 2.27 bits per heavy atom. The molecule has 0 fully saturated rings. The van der Waals surface area contributed by atoms with Gasteiger partial charge in [-0.15, -0.1) is 0 Å². The van der Waals surface area contributed by atoms with E-state index in [4.69, 9.17) is 14.2 Å². The van der Waals surface area contributed by atoms with E-state index in [1.54, 1.807) is 21.3 Å². The Hall–Kier alpha value is -2.46. The first-order valence-corrected chi connectivity index (χ1v) is 8.86. The van der Waals surface area contributed by atoms with Crippen LogP contribution in [0.2, 0.25) is 0 Å². The maximum Gasteiger partial charge on any atom is 0.160 e. The van der Waals surface area contributed by atoms with E-state index >= 15 is 0 Å². The van der Waals surface area contributed by atoms with Crippen LogP contribution in [-0.4, -0.2) is 32.5 Å². The molecular formula is C22H28O4. The van der Waals surface area contributed by atoms with Crippen LogP contribution >= 0.6 is 0 Å². The summed E-state index contributed by atoms with van der Waals surface area (Å²) in [7, 11) is 4.92. The minimum Gasteiger partial charge on any atom is -0.497 e. The first-order valence-electron chi connectivity index (χ1n) is 8.86. The SMILES string of the molecule is COc1ccc(/C=C/CC[C@@H](O)CCc2ccc(OC)c(OC)c2)cc1. The van der Waals surface area contributed by atoms with Crippen molar-refractivity contribution in [3.63, 3.8) is 0 Å². The summed E-state index contributed by atoms with van der Waals surface area (Å²) in [6.45, 7) is 0. The molecule has 0 aliphatic carbocycles. The first-order chi connectivity index (χ1) is 12.7. The van der Waals surface area contributed by atoms with Gasteiger partial charge in [-0.2, -0.15) is 0 Å². The Bertz CT molecular complexity index is 692. The molecule has 1 N–H and O–H groups in total. The van der Waals surface area contributed by atoms with Crippen LogP contribution in [0.4, 0.5) is 0 Å². The van der Waals surface area contributed by atoms with Crippen LogP contribution in [0, 0.1) is 0 Å². The number of hydrogen-bond donors (Lipinski definition) is 1. The van der Waals surface area contributed by atoms with Gasteiger partial charge in [0.15, 0.2) is 11.5 Å². The van der Waals surface area contributed by atoms with Crippen molar-refractivity contribution in [3.05, 3.63) is 59.7 Å². The highest BCUT2D eigenvalue weighted by Crippen LogP contribution is 2.28. The molecule has 4 nitrogen and oxygen atoms in total. The minimum atomic E-state index is -0.316. The Morgan fingerprint density at radius 2 is 1.62 bits per heavy atom. The van der Waals surface area contributed by atoms with Crippen molar-refractivity contribution >= 4 is 6.08 Å². The normalized spacial score (nSPS) is 12.2. The molecule has 0 unspecified atom stereocenters. The average Bonchev–Trinajstić information content (AvgIpc) is 2.69. The summed E-state index contributed by atoms with van der Waals surface area (Å²) in [6, 6.07) is 13.8. The van der Waals surface area contributed by atoms with Gasteiger partial charge in [-0.05, 0) is 61.1 Å². The fourth-order valence-corrected chi connectivity index (χ4v) is 2.74. The molecule has 1 atom stereocenters. The molecule has 0 saturated carbocycles. The third-order valence-corrected chi connectivity index (χ3v) is 4.31. The van der Waals surface area contributed by atoms with Crippen LogP contribution in [0.5, 0.6) is 17.2 Å². The fourth-order valence-electron chi connectivity index (χ4n) is 2.74. The molecule has 2 aromatic rings. The molecule has 0 saturated heterocycles. The molecular weight excluding hydrogens is 328 g/mol. The standard InChI is InChI=1S/C22H28O4/c1-24-20-13-9-17(10-14-20)6-4-5-7-19(23)12-8-18-11-15-21(25-2)22(16-18)26-3/h4,6,9-11,13-16,19,23H,5,7-8,12H2,1-3H3/b6-4+/t19-/m1/s1. The minimum absolute atomic E-state index is 0.316. The van der Waals surface area contributed by atoms with Crippen molar-refractivity contribution in [2.75, 3.05) is 21.3 Å². The molecule has 4 heteroatoms. The molecule has 140 valence electrons. The van der Waals surface area contributed by atoms with E-state index in [1.165, 1.54) is 0 Å². The maximum atomic E-state index is 10.2. The van der Waals surface area contributed by atoms with Crippen LogP contribution in [0.25, 0.3) is 6.08 Å². The van der Waals surface area contributed by atoms with E-state index in [0.717, 1.165) is 54.1 Å². The van der Waals surface area contributed by atoms with E-state index in [0.29, 0.717) is 0 Å². The van der Waals surface area contributed by atoms with Gasteiger partial charge in [0.2, 0.25) is 0 Å². The fraction of sp³-hybridized carbons (Fsp3) is 0.364. The molecule has 0 spiro atoms. The van der Waals surface area contributed by atoms with Crippen molar-refractivity contribution in [3.8, 4) is 17.2 Å². The number of aliphatic hydroxyl groups excluding tert-OH is 1. The summed E-state index contributed by atoms with van der Waals surface area (Å²) in [4.78, 5) is 0. The summed E-state index contributed by atoms with van der Waals surface area (Å²) in [6.07, 6.45) is 6.99. The Morgan fingerprint density at radius 1 is 0.885 bits per heavy atom. The lowest BCUT2D eigenvalue weighted by atomic mass is 10.0. The second kappa shape index (κ2) is 10.5. The highest BCUT2D eigenvalue weighted by molar-refractivity contribution is 5.50. The van der Waals surface area contributed by atoms with Gasteiger partial charge in [-0.25, -0.2) is 0 Å². The van der Waals surface area contributed by atoms with Gasteiger partial charge in [0.05, 0.1) is 27.4 Å². The molecule has 0 aromatic heterocycles. The lowest BCUT2D eigenvalue weighted by Crippen LogP contribution is -2.07. The zero-order valence-electron chi connectivity index (χ0n) is 15.8. The van der Waals surface area contributed by atoms with E-state index in [-0.39, 0.29) is 6.10 Å². The summed E-state index contributed by atoms with van der Waals surface area (Å²) >= 11 is 0. The van der Waals surface area contributed by atoms with Crippen molar-refractivity contribution in [2.24, 2.45) is 0 Å². The number of allylic oxidation sites excluding steroid dienone is 1. The average molecular weight is 356 g/mol. The van der Waals surface area contributed by atoms with Crippen molar-refractivity contribution in [2.45, 2.75) is 31.8 Å². The predicted octanol–water partition coefficient (Wildman–Crippen LogP) is 4.50. The number of rotatable bonds is 10. The predicted molar refractivity (Wildman–Crippen MR) is 105 cm³/mol. The maximum absolute atomic E-state index is 10.2. The molecule has 0 aliphatic heterocycles. The van der Waals surface area contributed by atoms with E-state index in [9.17, 15) is 5.11 Å². The topological polar surface area (TPSA) is 47.9 Å². The van der Waals surface area contributed by atoms with Crippen molar-refractivity contribution in [1.29, 1.82) is 0 Å². The van der Waals surface area contributed by atoms with Gasteiger partial charge in [0.25, 0.3) is 0 Å². The van der Waals surface area contributed by atoms with Gasteiger partial charge in [-0.1, -0.05) is 30.4 Å². The molecule has 0 bridgehead atoms. The molecule has 26 heavy (non-hydrogen) atoms. The summed E-state index contributed by atoms with van der Waals surface area (Å²) in [5.41, 5.74) is 2.26. The number of hydrogen-bond acceptors (Lipinski definition) is 4. The third kappa shape index (κ3) is 6.12. The Kier molecular flexibility index (Phi) is 8.03. The number of aryl methyl sites for hydroxylation is 1. The van der Waals surface area contributed by atoms with Crippen molar-refractivity contribution < 1.29 is 19.3 Å². The second-order valence-electron chi connectivity index (χ2n) is 6.13. The van der Waals surface area contributed by atoms with Crippen LogP contribution in [0.15, 0.2) is 48.5 Å². The number of methoxy groups -OCH3 is 3. The smallest absolute Gasteiger partial charge is 0.160 e. The highest BCUT2D eigenvalue weighted by Gasteiger charge is 2.07. The largest absolute Gasteiger partial charge is 0.497 e. The molecule has 2 rings (SSSR count). The summed E-state index contributed by atoms with van der Waals surface area (Å²) in [5, 5.41) is 10.2. The molecule has 0 aliphatic rings. The van der Waals surface area contributed by atoms with Gasteiger partial charge in [-0.3, -0.25) is 0 Å². The molecule has 0 amide bonds. The molecule has 2 aromatic carbocycles. The number of ether oxygens (including phenoxy) is 3. The quantitative estimate of drug-likeness (QED) is 0.681. The van der Waals surface area contributed by atoms with Crippen LogP contribution in [0.3, 0.4) is 0 Å². The lowest BCUT2D eigenvalue weighted by molar-refractivity contribution is 0.156. The van der Waals surface area contributed by atoms with E-state index in [2.05, 4.69) is 12.2 Å². The number of aliphatic hydroxyl groups is 1. The number of benzene rings is 2. The Labute approximate surface area is 156 Å². The monoisotopic (exact) mass is 356 g/mol. The van der Waals surface area contributed by atoms with Crippen LogP contribution < -0.4 is 14.2 Å². The third-order valence-electron chi connectivity index (χ3n) is 4.31. The van der Waals surface area contributed by atoms with Crippen LogP contribution in [0.1, 0.15) is 30.4 Å². The zero-order valence-corrected chi connectivity index (χ0v) is 15.8. The lowest BCUT2D eigenvalue weighted by Gasteiger charge is -2.12. The van der Waals surface area contributed by atoms with Crippen LogP contribution in [-0.2, 0) is 6.42 Å². The van der Waals surface area contributed by atoms with E-state index < -0.39 is 0 Å². The molecule has 0 radical (unpaired) electrons. The van der Waals surface area contributed by atoms with Gasteiger partial charge >= 0.3 is 0 Å². The zero-order chi connectivity index (χ0) is 18.8. The summed E-state index contributed by atoms with van der Waals surface area (Å²) < 4.78 is 15.7. The van der Waals surface area contributed by atoms with Gasteiger partial charge in [0, 0.05) is 0 Å². The second-order valence-corrected chi connectivity index (χ2v) is 6.13. The highest BCUT2D eigenvalue weighted by atomic mass is 16.5. The molecule has 0 heterocycles. The summed E-state index contributed by atoms with van der Waals surface area (Å²) in [5.74, 6) is 2.30. The van der Waals surface area contributed by atoms with Crippen molar-refractivity contribution in [1.82, 2.24) is 0 Å². The van der Waals surface area contributed by atoms with Gasteiger partial charge in [0.1, 0.15) is 5.75 Å². The van der Waals surface area contributed by atoms with Gasteiger partial charge < -0.3 is 19.3 Å². The van der Waals surface area contributed by atoms with E-state index in [1.807, 2.05) is 42.5 Å². The Balaban J connectivity index is 1.74. The first kappa shape index (κ1) is 19.9.